The first-order valence-corrected chi connectivity index (χ1v) is 9.09. The van der Waals surface area contributed by atoms with Crippen molar-refractivity contribution in [2.45, 2.75) is 33.7 Å². The fourth-order valence-electron chi connectivity index (χ4n) is 3.58. The van der Waals surface area contributed by atoms with Gasteiger partial charge in [0.15, 0.2) is 6.73 Å². The number of benzene rings is 2. The molecular weight excluding hydrogens is 350 g/mol. The minimum Gasteiger partial charge on any atom is -0.471 e. The second kappa shape index (κ2) is 6.36. The minimum atomic E-state index is -0.345. The third-order valence-corrected chi connectivity index (χ3v) is 5.41. The fourth-order valence-corrected chi connectivity index (χ4v) is 3.85. The van der Waals surface area contributed by atoms with E-state index in [4.69, 9.17) is 20.8 Å². The van der Waals surface area contributed by atoms with Gasteiger partial charge in [0.05, 0.1) is 17.1 Å². The Hall–Kier alpha value is -2.46. The summed E-state index contributed by atoms with van der Waals surface area (Å²) in [5.74, 6) is 0.608. The minimum absolute atomic E-state index is 0.345. The van der Waals surface area contributed by atoms with Crippen LogP contribution in [0.25, 0.3) is 11.0 Å². The number of rotatable bonds is 2. The van der Waals surface area contributed by atoms with E-state index < -0.39 is 0 Å². The molecule has 0 saturated carbocycles. The summed E-state index contributed by atoms with van der Waals surface area (Å²) in [7, 11) is 0. The topological polar surface area (TPSA) is 42.7 Å². The second-order valence-electron chi connectivity index (χ2n) is 6.68. The molecule has 2 heterocycles. The van der Waals surface area contributed by atoms with Gasteiger partial charge in [0.25, 0.3) is 0 Å². The van der Waals surface area contributed by atoms with E-state index in [1.165, 1.54) is 17.2 Å². The summed E-state index contributed by atoms with van der Waals surface area (Å²) in [6, 6.07) is 9.59. The normalized spacial score (nSPS) is 13.6. The lowest BCUT2D eigenvalue weighted by Crippen LogP contribution is -2.33. The Morgan fingerprint density at radius 2 is 2.04 bits per heavy atom. The molecule has 1 aliphatic heterocycles. The highest BCUT2D eigenvalue weighted by Crippen LogP contribution is 2.40. The van der Waals surface area contributed by atoms with Gasteiger partial charge in [0, 0.05) is 17.1 Å². The van der Waals surface area contributed by atoms with Crippen molar-refractivity contribution < 1.29 is 9.15 Å². The van der Waals surface area contributed by atoms with Crippen LogP contribution in [0.5, 0.6) is 5.75 Å². The van der Waals surface area contributed by atoms with E-state index in [0.717, 1.165) is 28.6 Å². The first kappa shape index (κ1) is 17.0. The Labute approximate surface area is 156 Å². The molecule has 134 valence electrons. The molecule has 2 aromatic carbocycles. The van der Waals surface area contributed by atoms with E-state index in [2.05, 4.69) is 30.9 Å². The van der Waals surface area contributed by atoms with Crippen LogP contribution in [0, 0.1) is 13.8 Å². The van der Waals surface area contributed by atoms with Crippen LogP contribution in [0.2, 0.25) is 5.02 Å². The van der Waals surface area contributed by atoms with E-state index in [1.54, 1.807) is 0 Å². The zero-order valence-electron chi connectivity index (χ0n) is 15.1. The van der Waals surface area contributed by atoms with Crippen molar-refractivity contribution in [1.82, 2.24) is 0 Å². The molecule has 0 unspecified atom stereocenters. The Balaban J connectivity index is 1.90. The maximum absolute atomic E-state index is 12.0. The number of nitrogens with zero attached hydrogens (tertiary/aromatic N) is 1. The van der Waals surface area contributed by atoms with Crippen molar-refractivity contribution in [3.05, 3.63) is 68.0 Å². The first-order valence-electron chi connectivity index (χ1n) is 8.71. The van der Waals surface area contributed by atoms with Crippen molar-refractivity contribution >= 4 is 28.3 Å². The van der Waals surface area contributed by atoms with Crippen LogP contribution >= 0.6 is 11.6 Å². The van der Waals surface area contributed by atoms with Crippen LogP contribution in [0.4, 0.5) is 5.69 Å². The SMILES string of the molecule is CCc1cc(=O)oc2c3c(c(Cl)cc12)OCN(c1cccc(C)c1C)C3. The van der Waals surface area contributed by atoms with E-state index in [9.17, 15) is 4.79 Å². The monoisotopic (exact) mass is 369 g/mol. The average Bonchev–Trinajstić information content (AvgIpc) is 2.64. The van der Waals surface area contributed by atoms with Crippen molar-refractivity contribution in [1.29, 1.82) is 0 Å². The molecule has 3 aromatic rings. The standard InChI is InChI=1S/C21H20ClNO3/c1-4-14-8-19(24)26-20-15(14)9-17(22)21-16(20)10-23(11-25-21)18-7-5-6-12(2)13(18)3/h5-9H,4,10-11H2,1-3H3. The third kappa shape index (κ3) is 2.65. The number of halogens is 1. The molecule has 0 bridgehead atoms. The van der Waals surface area contributed by atoms with Gasteiger partial charge in [-0.1, -0.05) is 30.7 Å². The molecule has 1 aromatic heterocycles. The summed E-state index contributed by atoms with van der Waals surface area (Å²) in [4.78, 5) is 14.2. The molecule has 4 nitrogen and oxygen atoms in total. The summed E-state index contributed by atoms with van der Waals surface area (Å²) in [5, 5.41) is 1.43. The van der Waals surface area contributed by atoms with Crippen LogP contribution in [-0.2, 0) is 13.0 Å². The largest absolute Gasteiger partial charge is 0.471 e. The van der Waals surface area contributed by atoms with Crippen LogP contribution in [0.1, 0.15) is 29.2 Å². The summed E-state index contributed by atoms with van der Waals surface area (Å²) in [5.41, 5.74) is 5.53. The molecule has 0 fully saturated rings. The molecule has 0 N–H and O–H groups in total. The Bertz CT molecular complexity index is 1070. The maximum Gasteiger partial charge on any atom is 0.336 e. The molecule has 0 radical (unpaired) electrons. The van der Waals surface area contributed by atoms with E-state index in [0.29, 0.717) is 29.6 Å². The Morgan fingerprint density at radius 1 is 1.23 bits per heavy atom. The van der Waals surface area contributed by atoms with Gasteiger partial charge in [0.1, 0.15) is 11.3 Å². The van der Waals surface area contributed by atoms with Crippen LogP contribution in [0.15, 0.2) is 39.5 Å². The van der Waals surface area contributed by atoms with Gasteiger partial charge >= 0.3 is 5.63 Å². The number of ether oxygens (including phenoxy) is 1. The number of aryl methyl sites for hydroxylation is 2. The average molecular weight is 370 g/mol. The number of anilines is 1. The maximum atomic E-state index is 12.0. The third-order valence-electron chi connectivity index (χ3n) is 5.13. The van der Waals surface area contributed by atoms with Crippen molar-refractivity contribution in [3.63, 3.8) is 0 Å². The Kier molecular flexibility index (Phi) is 4.16. The molecule has 0 atom stereocenters. The number of fused-ring (bicyclic) bond motifs is 3. The lowest BCUT2D eigenvalue weighted by Gasteiger charge is -2.33. The lowest BCUT2D eigenvalue weighted by atomic mass is 10.0. The Morgan fingerprint density at radius 3 is 2.81 bits per heavy atom. The van der Waals surface area contributed by atoms with Gasteiger partial charge in [-0.05, 0) is 49.1 Å². The zero-order chi connectivity index (χ0) is 18.4. The van der Waals surface area contributed by atoms with Gasteiger partial charge in [0.2, 0.25) is 0 Å². The van der Waals surface area contributed by atoms with Gasteiger partial charge in [-0.3, -0.25) is 0 Å². The van der Waals surface area contributed by atoms with E-state index in [1.807, 2.05) is 19.1 Å². The molecule has 5 heteroatoms. The highest BCUT2D eigenvalue weighted by Gasteiger charge is 2.26. The zero-order valence-corrected chi connectivity index (χ0v) is 15.8. The summed E-state index contributed by atoms with van der Waals surface area (Å²) in [6.07, 6.45) is 0.735. The molecule has 26 heavy (non-hydrogen) atoms. The van der Waals surface area contributed by atoms with Gasteiger partial charge in [-0.2, -0.15) is 0 Å². The van der Waals surface area contributed by atoms with Crippen LogP contribution in [0.3, 0.4) is 0 Å². The molecule has 0 aliphatic carbocycles. The molecule has 0 spiro atoms. The fraction of sp³-hybridized carbons (Fsp3) is 0.286. The quantitative estimate of drug-likeness (QED) is 0.597. The second-order valence-corrected chi connectivity index (χ2v) is 7.08. The van der Waals surface area contributed by atoms with Crippen LogP contribution in [-0.4, -0.2) is 6.73 Å². The highest BCUT2D eigenvalue weighted by atomic mass is 35.5. The molecule has 1 aliphatic rings. The van der Waals surface area contributed by atoms with E-state index in [-0.39, 0.29) is 5.63 Å². The molecule has 0 amide bonds. The predicted octanol–water partition coefficient (Wildman–Crippen LogP) is 4.98. The van der Waals surface area contributed by atoms with Crippen LogP contribution < -0.4 is 15.3 Å². The molecule has 0 saturated heterocycles. The van der Waals surface area contributed by atoms with Crippen molar-refractivity contribution in [2.24, 2.45) is 0 Å². The number of hydrogen-bond acceptors (Lipinski definition) is 4. The van der Waals surface area contributed by atoms with Crippen molar-refractivity contribution in [3.8, 4) is 5.75 Å². The summed E-state index contributed by atoms with van der Waals surface area (Å²) < 4.78 is 11.5. The summed E-state index contributed by atoms with van der Waals surface area (Å²) in [6.45, 7) is 7.19. The van der Waals surface area contributed by atoms with Gasteiger partial charge in [-0.15, -0.1) is 0 Å². The van der Waals surface area contributed by atoms with Crippen molar-refractivity contribution in [2.75, 3.05) is 11.6 Å². The lowest BCUT2D eigenvalue weighted by molar-refractivity contribution is 0.289. The highest BCUT2D eigenvalue weighted by molar-refractivity contribution is 6.33. The summed E-state index contributed by atoms with van der Waals surface area (Å²) >= 11 is 6.48. The van der Waals surface area contributed by atoms with Gasteiger partial charge in [-0.25, -0.2) is 4.79 Å². The first-order chi connectivity index (χ1) is 12.5. The van der Waals surface area contributed by atoms with E-state index >= 15 is 0 Å². The molecular formula is C21H20ClNO3. The van der Waals surface area contributed by atoms with Gasteiger partial charge < -0.3 is 14.1 Å². The smallest absolute Gasteiger partial charge is 0.336 e. The predicted molar refractivity (Wildman–Crippen MR) is 104 cm³/mol. The number of hydrogen-bond donors (Lipinski definition) is 0. The molecule has 4 rings (SSSR count).